The van der Waals surface area contributed by atoms with E-state index < -0.39 is 64.3 Å². The lowest BCUT2D eigenvalue weighted by atomic mass is 9.71. The third-order valence-electron chi connectivity index (χ3n) is 20.4. The monoisotopic (exact) mass is 1430 g/mol. The molecule has 0 spiro atoms. The van der Waals surface area contributed by atoms with E-state index >= 15 is 0 Å². The number of rotatable bonds is 11. The van der Waals surface area contributed by atoms with Crippen molar-refractivity contribution < 1.29 is 44.8 Å². The summed E-state index contributed by atoms with van der Waals surface area (Å²) in [6.07, 6.45) is 0.311. The molecule has 6 aromatic carbocycles. The summed E-state index contributed by atoms with van der Waals surface area (Å²) < 4.78 is 20.3. The molecule has 6 N–H and O–H groups in total. The van der Waals surface area contributed by atoms with Gasteiger partial charge in [-0.2, -0.15) is 10.5 Å². The number of fused-ring (bicyclic) bond motifs is 9. The van der Waals surface area contributed by atoms with Gasteiger partial charge in [0.25, 0.3) is 0 Å². The van der Waals surface area contributed by atoms with E-state index in [1.54, 1.807) is 42.5 Å². The zero-order valence-corrected chi connectivity index (χ0v) is 58.9. The summed E-state index contributed by atoms with van der Waals surface area (Å²) in [5, 5.41) is 89.2. The lowest BCUT2D eigenvalue weighted by Gasteiger charge is -2.40. The number of aliphatic hydroxyl groups excluding tert-OH is 3. The van der Waals surface area contributed by atoms with Gasteiger partial charge in [-0.25, -0.2) is 9.69 Å². The van der Waals surface area contributed by atoms with E-state index in [1.165, 1.54) is 24.2 Å². The van der Waals surface area contributed by atoms with Crippen molar-refractivity contribution in [3.63, 3.8) is 0 Å². The van der Waals surface area contributed by atoms with Crippen LogP contribution in [0.15, 0.2) is 205 Å². The Morgan fingerprint density at radius 2 is 0.911 bits per heavy atom. The topological polar surface area (TPSA) is 254 Å². The number of aliphatic hydroxyl groups is 6. The van der Waals surface area contributed by atoms with E-state index in [0.29, 0.717) is 64.4 Å². The normalized spacial score (nSPS) is 28.5. The number of hydrogen-bond acceptors (Lipinski definition) is 17. The molecule has 3 saturated carbocycles. The summed E-state index contributed by atoms with van der Waals surface area (Å²) in [4.78, 5) is 26.0. The minimum absolute atomic E-state index is 0.191. The summed E-state index contributed by atoms with van der Waals surface area (Å²) in [5.41, 5.74) is 0.267. The molecular weight excluding hydrogens is 1360 g/mol. The van der Waals surface area contributed by atoms with Crippen molar-refractivity contribution in [1.82, 2.24) is 29.7 Å². The Morgan fingerprint density at radius 1 is 0.515 bits per heavy atom. The van der Waals surface area contributed by atoms with Crippen molar-refractivity contribution in [2.75, 3.05) is 61.9 Å². The predicted octanol–water partition coefficient (Wildman–Crippen LogP) is 11.4. The Hall–Kier alpha value is -9.46. The van der Waals surface area contributed by atoms with Crippen molar-refractivity contribution in [3.8, 4) is 29.4 Å². The average Bonchev–Trinajstić information content (AvgIpc) is 1.51. The van der Waals surface area contributed by atoms with Gasteiger partial charge in [-0.1, -0.05) is 160 Å². The second kappa shape index (κ2) is 28.5. The first-order chi connectivity index (χ1) is 48.4. The van der Waals surface area contributed by atoms with Crippen LogP contribution in [-0.4, -0.2) is 147 Å². The molecule has 1 unspecified atom stereocenters. The molecule has 3 aliphatic heterocycles. The molecule has 21 heteroatoms. The van der Waals surface area contributed by atoms with Gasteiger partial charge in [0, 0.05) is 84.3 Å². The van der Waals surface area contributed by atoms with Crippen LogP contribution in [0, 0.1) is 60.5 Å². The number of nitrogens with zero attached hydrogens (tertiary/aromatic N) is 10. The number of pyridine rings is 3. The Morgan fingerprint density at radius 3 is 1.36 bits per heavy atom. The van der Waals surface area contributed by atoms with Gasteiger partial charge in [-0.05, 0) is 126 Å². The molecule has 19 nitrogen and oxygen atoms in total. The summed E-state index contributed by atoms with van der Waals surface area (Å²) in [5.74, 6) is -0.846. The van der Waals surface area contributed by atoms with Gasteiger partial charge in [0.05, 0.1) is 59.7 Å². The summed E-state index contributed by atoms with van der Waals surface area (Å²) in [7, 11) is 11.7. The average molecular weight is 1440 g/mol. The quantitative estimate of drug-likeness (QED) is 0.0658. The minimum atomic E-state index is -1.88. The van der Waals surface area contributed by atoms with Crippen molar-refractivity contribution in [1.29, 1.82) is 10.5 Å². The fraction of sp³-hybridized carbons (Fsp3) is 0.312. The Labute approximate surface area is 601 Å². The van der Waals surface area contributed by atoms with E-state index in [-0.39, 0.29) is 40.8 Å². The lowest BCUT2D eigenvalue weighted by Crippen LogP contribution is -2.52. The molecule has 514 valence electrons. The van der Waals surface area contributed by atoms with E-state index in [1.807, 2.05) is 203 Å². The summed E-state index contributed by atoms with van der Waals surface area (Å²) in [6, 6.07) is 60.6. The van der Waals surface area contributed by atoms with Gasteiger partial charge in [0.15, 0.2) is 28.0 Å². The standard InChI is InChI=1S/C27H24N4O3.C25H24BrClN2O3.C20H21N3O3.C8H7N/c1-29-20-13-22-24(30-15-20)26(33)25(32)21(16-31(2)3)23(18-7-5-4-6-8-18)27(26,34-22)19-11-9-17(14-28)10-12-19;1-29(2)14-19-21(15-6-4-3-5-7-15)25(16-8-10-17(26)11-9-16)24(31,23(19)30)22-20(32-25)12-18(27)13-28-22;1-21-13-9-15-17(22-10-13)20(25)18(24)14(11-23(2)3)16(19(20)26-15)12-7-5-4-6-8-12;1-7-2-4-8(6-9)5-3-7/h4-13,15,21,23,25,32-33H,16H2,2-3H3;3-13,19,21,23,30-31H,14H2,1-2H3;4-10,14,16,18-19,24-25H,11H2,2-3H3;2-5H,1H3/t21-,23-,25-,26+,27+;19-,21-,23-,24+,25+;14-,16-,18-,19?,20+;/m111./s1. The Bertz CT molecular complexity index is 4660. The number of nitriles is 2. The molecule has 101 heavy (non-hydrogen) atoms. The largest absolute Gasteiger partial charge is 0.486 e. The smallest absolute Gasteiger partial charge is 0.208 e. The zero-order valence-electron chi connectivity index (χ0n) is 56.6. The van der Waals surface area contributed by atoms with Gasteiger partial charge in [-0.3, -0.25) is 15.0 Å². The van der Waals surface area contributed by atoms with Crippen LogP contribution < -0.4 is 14.2 Å². The van der Waals surface area contributed by atoms with Crippen LogP contribution in [0.3, 0.4) is 0 Å². The van der Waals surface area contributed by atoms with Crippen molar-refractivity contribution in [3.05, 3.63) is 295 Å². The number of hydrogen-bond donors (Lipinski definition) is 6. The SMILES string of the molecule is CN(C)C[C@H]1[C@@H](O)[C@@]2(O)c3ncc(Cl)cc3O[C@@]2(c2ccc(Br)cc2)[C@@H]1c1ccccc1.Cc1ccc(C#N)cc1.[C-]#[N+]c1cnc2c(c1)OC1[C@H](c3ccccc3)[C@@H](CN(C)C)[C@@H](O)[C@@]21O.[C-]#[N+]c1cnc2c(c1)O[C@@]1(c3ccc(C#N)cc3)[C@H](c3ccccc3)[C@@H](CN(C)C)[C@@H](O)[C@@]21O. The molecule has 3 fully saturated rings. The highest BCUT2D eigenvalue weighted by molar-refractivity contribution is 9.10. The minimum Gasteiger partial charge on any atom is -0.486 e. The highest BCUT2D eigenvalue weighted by atomic mass is 79.9. The first-order valence-corrected chi connectivity index (χ1v) is 34.1. The molecule has 6 aliphatic rings. The van der Waals surface area contributed by atoms with Crippen molar-refractivity contribution >= 4 is 38.9 Å². The predicted molar refractivity (Wildman–Crippen MR) is 384 cm³/mol. The van der Waals surface area contributed by atoms with Crippen LogP contribution >= 0.6 is 27.5 Å². The van der Waals surface area contributed by atoms with E-state index in [9.17, 15) is 35.9 Å². The first-order valence-electron chi connectivity index (χ1n) is 32.9. The van der Waals surface area contributed by atoms with E-state index in [0.717, 1.165) is 32.3 Å². The van der Waals surface area contributed by atoms with Crippen LogP contribution in [0.2, 0.25) is 5.02 Å². The highest BCUT2D eigenvalue weighted by Gasteiger charge is 2.78. The third-order valence-corrected chi connectivity index (χ3v) is 21.1. The van der Waals surface area contributed by atoms with Crippen LogP contribution in [0.4, 0.5) is 11.4 Å². The van der Waals surface area contributed by atoms with Crippen LogP contribution in [0.5, 0.6) is 17.2 Å². The van der Waals surface area contributed by atoms with Crippen LogP contribution in [-0.2, 0) is 28.0 Å². The third kappa shape index (κ3) is 12.2. The van der Waals surface area contributed by atoms with Gasteiger partial charge in [0.2, 0.25) is 11.4 Å². The van der Waals surface area contributed by atoms with Crippen LogP contribution in [0.1, 0.15) is 79.3 Å². The number of aromatic nitrogens is 3. The van der Waals surface area contributed by atoms with Gasteiger partial charge in [0.1, 0.15) is 40.4 Å². The maximum atomic E-state index is 12.5. The number of ether oxygens (including phenoxy) is 3. The maximum absolute atomic E-state index is 12.5. The molecule has 15 rings (SSSR count). The second-order valence-electron chi connectivity index (χ2n) is 27.4. The molecule has 0 bridgehead atoms. The molecule has 9 aromatic rings. The van der Waals surface area contributed by atoms with Crippen molar-refractivity contribution in [2.24, 2.45) is 17.8 Å². The fourth-order valence-electron chi connectivity index (χ4n) is 16.4. The summed E-state index contributed by atoms with van der Waals surface area (Å²) in [6.45, 7) is 18.2. The van der Waals surface area contributed by atoms with E-state index in [4.69, 9.17) is 44.2 Å². The Kier molecular flexibility index (Phi) is 20.2. The lowest BCUT2D eigenvalue weighted by molar-refractivity contribution is -0.153. The second-order valence-corrected chi connectivity index (χ2v) is 28.7. The fourth-order valence-corrected chi connectivity index (χ4v) is 16.8. The van der Waals surface area contributed by atoms with Gasteiger partial charge < -0.3 is 59.5 Å². The van der Waals surface area contributed by atoms with Gasteiger partial charge in [-0.15, -0.1) is 0 Å². The first kappa shape index (κ1) is 71.4. The number of benzene rings is 6. The zero-order chi connectivity index (χ0) is 71.9. The molecule has 3 aliphatic carbocycles. The van der Waals surface area contributed by atoms with E-state index in [2.05, 4.69) is 52.7 Å². The molecule has 0 amide bonds. The molecule has 6 heterocycles. The molecule has 0 saturated heterocycles. The van der Waals surface area contributed by atoms with Crippen molar-refractivity contribution in [2.45, 2.75) is 77.1 Å². The van der Waals surface area contributed by atoms with Crippen LogP contribution in [0.25, 0.3) is 9.69 Å². The maximum Gasteiger partial charge on any atom is 0.208 e. The highest BCUT2D eigenvalue weighted by Crippen LogP contribution is 2.70. The molecule has 3 aromatic heterocycles. The number of halogens is 2. The molecule has 0 radical (unpaired) electrons. The molecule has 15 atom stereocenters. The Balaban J connectivity index is 0.000000136. The molecular formula is C80H76BrClN10O9. The van der Waals surface area contributed by atoms with Gasteiger partial charge >= 0.3 is 0 Å². The number of aryl methyl sites for hydroxylation is 1. The summed E-state index contributed by atoms with van der Waals surface area (Å²) >= 11 is 9.73.